The van der Waals surface area contributed by atoms with Crippen LogP contribution in [0.25, 0.3) is 0 Å². The zero-order valence-electron chi connectivity index (χ0n) is 11.0. The number of nitrogens with one attached hydrogen (secondary N) is 1. The molecule has 104 valence electrons. The van der Waals surface area contributed by atoms with Crippen LogP contribution in [0.2, 0.25) is 0 Å². The van der Waals surface area contributed by atoms with Crippen molar-refractivity contribution in [3.63, 3.8) is 0 Å². The SMILES string of the molecule is Cc1nn(C)cc1C(=O)Nc1cc(Br)ccc1C(N)=S. The second-order valence-electron chi connectivity index (χ2n) is 4.31. The van der Waals surface area contributed by atoms with E-state index in [4.69, 9.17) is 18.0 Å². The van der Waals surface area contributed by atoms with Gasteiger partial charge < -0.3 is 11.1 Å². The third-order valence-corrected chi connectivity index (χ3v) is 3.47. The predicted molar refractivity (Wildman–Crippen MR) is 85.9 cm³/mol. The van der Waals surface area contributed by atoms with E-state index in [2.05, 4.69) is 26.3 Å². The maximum absolute atomic E-state index is 12.3. The summed E-state index contributed by atoms with van der Waals surface area (Å²) < 4.78 is 2.43. The number of hydrogen-bond acceptors (Lipinski definition) is 3. The second-order valence-corrected chi connectivity index (χ2v) is 5.67. The largest absolute Gasteiger partial charge is 0.389 e. The fraction of sp³-hybridized carbons (Fsp3) is 0.154. The number of nitrogens with two attached hydrogens (primary N) is 1. The first kappa shape index (κ1) is 14.7. The van der Waals surface area contributed by atoms with Gasteiger partial charge in [0.15, 0.2) is 0 Å². The van der Waals surface area contributed by atoms with Crippen molar-refractivity contribution in [1.82, 2.24) is 9.78 Å². The summed E-state index contributed by atoms with van der Waals surface area (Å²) in [5.74, 6) is -0.244. The minimum Gasteiger partial charge on any atom is -0.389 e. The Morgan fingerprint density at radius 1 is 1.45 bits per heavy atom. The maximum atomic E-state index is 12.3. The molecule has 1 aromatic carbocycles. The van der Waals surface area contributed by atoms with E-state index < -0.39 is 0 Å². The quantitative estimate of drug-likeness (QED) is 0.831. The number of carbonyl (C=O) groups excluding carboxylic acids is 1. The number of benzene rings is 1. The Labute approximate surface area is 130 Å². The molecule has 0 aliphatic carbocycles. The molecule has 0 aliphatic heterocycles. The van der Waals surface area contributed by atoms with Gasteiger partial charge in [-0.25, -0.2) is 0 Å². The van der Waals surface area contributed by atoms with Crippen molar-refractivity contribution in [3.8, 4) is 0 Å². The molecule has 7 heteroatoms. The number of halogens is 1. The minimum absolute atomic E-state index is 0.232. The van der Waals surface area contributed by atoms with Crippen molar-refractivity contribution in [2.24, 2.45) is 12.8 Å². The van der Waals surface area contributed by atoms with Crippen molar-refractivity contribution in [2.45, 2.75) is 6.92 Å². The standard InChI is InChI=1S/C13H13BrN4OS/c1-7-10(6-18(2)17-7)13(19)16-11-5-8(14)3-4-9(11)12(15)20/h3-6H,1-2H3,(H2,15,20)(H,16,19). The molecule has 0 saturated carbocycles. The van der Waals surface area contributed by atoms with Crippen LogP contribution in [-0.2, 0) is 7.05 Å². The van der Waals surface area contributed by atoms with Crippen molar-refractivity contribution in [3.05, 3.63) is 45.7 Å². The molecule has 0 radical (unpaired) electrons. The predicted octanol–water partition coefficient (Wildman–Crippen LogP) is 2.38. The van der Waals surface area contributed by atoms with E-state index in [1.807, 2.05) is 6.07 Å². The van der Waals surface area contributed by atoms with Crippen LogP contribution in [0.15, 0.2) is 28.9 Å². The van der Waals surface area contributed by atoms with Crippen molar-refractivity contribution < 1.29 is 4.79 Å². The third-order valence-electron chi connectivity index (χ3n) is 2.75. The van der Waals surface area contributed by atoms with Gasteiger partial charge in [-0.2, -0.15) is 5.10 Å². The van der Waals surface area contributed by atoms with E-state index in [9.17, 15) is 4.79 Å². The highest BCUT2D eigenvalue weighted by atomic mass is 79.9. The first-order valence-electron chi connectivity index (χ1n) is 5.79. The number of thiocarbonyl (C=S) groups is 1. The number of carbonyl (C=O) groups is 1. The summed E-state index contributed by atoms with van der Waals surface area (Å²) in [6, 6.07) is 5.34. The number of hydrogen-bond donors (Lipinski definition) is 2. The lowest BCUT2D eigenvalue weighted by atomic mass is 10.1. The van der Waals surface area contributed by atoms with E-state index in [1.165, 1.54) is 0 Å². The molecule has 1 amide bonds. The van der Waals surface area contributed by atoms with Gasteiger partial charge in [-0.05, 0) is 25.1 Å². The van der Waals surface area contributed by atoms with Gasteiger partial charge in [0.2, 0.25) is 0 Å². The fourth-order valence-electron chi connectivity index (χ4n) is 1.85. The Morgan fingerprint density at radius 2 is 2.15 bits per heavy atom. The molecular formula is C13H13BrN4OS. The Hall–Kier alpha value is -1.73. The Bertz CT molecular complexity index is 696. The molecule has 1 aromatic heterocycles. The molecular weight excluding hydrogens is 340 g/mol. The van der Waals surface area contributed by atoms with Gasteiger partial charge in [-0.1, -0.05) is 28.1 Å². The molecule has 20 heavy (non-hydrogen) atoms. The highest BCUT2D eigenvalue weighted by Crippen LogP contribution is 2.22. The van der Waals surface area contributed by atoms with Crippen LogP contribution < -0.4 is 11.1 Å². The minimum atomic E-state index is -0.244. The highest BCUT2D eigenvalue weighted by molar-refractivity contribution is 9.10. The molecule has 0 aliphatic rings. The van der Waals surface area contributed by atoms with Gasteiger partial charge in [0, 0.05) is 23.3 Å². The van der Waals surface area contributed by atoms with Gasteiger partial charge in [0.1, 0.15) is 4.99 Å². The number of amides is 1. The van der Waals surface area contributed by atoms with Crippen LogP contribution >= 0.6 is 28.1 Å². The van der Waals surface area contributed by atoms with Crippen LogP contribution in [0.4, 0.5) is 5.69 Å². The van der Waals surface area contributed by atoms with Gasteiger partial charge in [0.25, 0.3) is 5.91 Å². The van der Waals surface area contributed by atoms with Crippen LogP contribution in [0.3, 0.4) is 0 Å². The third kappa shape index (κ3) is 3.05. The fourth-order valence-corrected chi connectivity index (χ4v) is 2.39. The van der Waals surface area contributed by atoms with E-state index in [0.717, 1.165) is 4.47 Å². The normalized spacial score (nSPS) is 10.3. The molecule has 2 aromatic rings. The molecule has 3 N–H and O–H groups in total. The second kappa shape index (κ2) is 5.72. The summed E-state index contributed by atoms with van der Waals surface area (Å²) in [5, 5.41) is 6.96. The van der Waals surface area contributed by atoms with Gasteiger partial charge in [0.05, 0.1) is 16.9 Å². The lowest BCUT2D eigenvalue weighted by molar-refractivity contribution is 0.102. The van der Waals surface area contributed by atoms with E-state index in [0.29, 0.717) is 22.5 Å². The lowest BCUT2D eigenvalue weighted by Crippen LogP contribution is -2.18. The molecule has 0 saturated heterocycles. The smallest absolute Gasteiger partial charge is 0.259 e. The monoisotopic (exact) mass is 352 g/mol. The van der Waals surface area contributed by atoms with Gasteiger partial charge in [-0.3, -0.25) is 9.48 Å². The summed E-state index contributed by atoms with van der Waals surface area (Å²) in [5.41, 5.74) is 8.03. The van der Waals surface area contributed by atoms with Crippen LogP contribution in [0, 0.1) is 6.92 Å². The van der Waals surface area contributed by atoms with Gasteiger partial charge in [-0.15, -0.1) is 0 Å². The zero-order valence-corrected chi connectivity index (χ0v) is 13.4. The van der Waals surface area contributed by atoms with E-state index in [-0.39, 0.29) is 10.9 Å². The number of aryl methyl sites for hydroxylation is 2. The number of aromatic nitrogens is 2. The van der Waals surface area contributed by atoms with Crippen molar-refractivity contribution in [1.29, 1.82) is 0 Å². The lowest BCUT2D eigenvalue weighted by Gasteiger charge is -2.10. The van der Waals surface area contributed by atoms with Crippen molar-refractivity contribution >= 4 is 44.7 Å². The molecule has 0 bridgehead atoms. The molecule has 0 spiro atoms. The average Bonchev–Trinajstić information content (AvgIpc) is 2.68. The zero-order chi connectivity index (χ0) is 14.9. The summed E-state index contributed by atoms with van der Waals surface area (Å²) >= 11 is 8.35. The Kier molecular flexibility index (Phi) is 4.20. The Balaban J connectivity index is 2.34. The Morgan fingerprint density at radius 3 is 2.70 bits per heavy atom. The average molecular weight is 353 g/mol. The molecule has 0 unspecified atom stereocenters. The summed E-state index contributed by atoms with van der Waals surface area (Å²) in [7, 11) is 1.77. The highest BCUT2D eigenvalue weighted by Gasteiger charge is 2.15. The van der Waals surface area contributed by atoms with E-state index in [1.54, 1.807) is 37.0 Å². The molecule has 1 heterocycles. The summed E-state index contributed by atoms with van der Waals surface area (Å²) in [6.07, 6.45) is 1.67. The molecule has 5 nitrogen and oxygen atoms in total. The van der Waals surface area contributed by atoms with E-state index >= 15 is 0 Å². The number of rotatable bonds is 3. The molecule has 0 atom stereocenters. The topological polar surface area (TPSA) is 72.9 Å². The first-order valence-corrected chi connectivity index (χ1v) is 6.99. The number of nitrogens with zero attached hydrogens (tertiary/aromatic N) is 2. The summed E-state index contributed by atoms with van der Waals surface area (Å²) in [4.78, 5) is 12.5. The summed E-state index contributed by atoms with van der Waals surface area (Å²) in [6.45, 7) is 1.78. The van der Waals surface area contributed by atoms with Crippen molar-refractivity contribution in [2.75, 3.05) is 5.32 Å². The number of anilines is 1. The molecule has 2 rings (SSSR count). The van der Waals surface area contributed by atoms with Gasteiger partial charge >= 0.3 is 0 Å². The van der Waals surface area contributed by atoms with Crippen LogP contribution in [0.1, 0.15) is 21.6 Å². The van der Waals surface area contributed by atoms with Crippen LogP contribution in [-0.4, -0.2) is 20.7 Å². The first-order chi connectivity index (χ1) is 9.38. The molecule has 0 fully saturated rings. The van der Waals surface area contributed by atoms with Crippen LogP contribution in [0.5, 0.6) is 0 Å². The maximum Gasteiger partial charge on any atom is 0.259 e.